The van der Waals surface area contributed by atoms with Crippen LogP contribution in [0, 0.1) is 6.92 Å². The number of nitrogens with zero attached hydrogens (tertiary/aromatic N) is 4. The monoisotopic (exact) mass is 515 g/mol. The molecule has 2 amide bonds. The Labute approximate surface area is 211 Å². The number of fused-ring (bicyclic) bond motifs is 1. The number of methoxy groups -OCH3 is 1. The quantitative estimate of drug-likeness (QED) is 0.359. The summed E-state index contributed by atoms with van der Waals surface area (Å²) < 4.78 is 6.59. The van der Waals surface area contributed by atoms with Gasteiger partial charge in [0.05, 0.1) is 24.0 Å². The maximum atomic E-state index is 13.7. The Morgan fingerprint density at radius 2 is 2.09 bits per heavy atom. The molecule has 2 aromatic rings. The summed E-state index contributed by atoms with van der Waals surface area (Å²) in [4.78, 5) is 59.7. The lowest BCUT2D eigenvalue weighted by Crippen LogP contribution is -2.57. The van der Waals surface area contributed by atoms with E-state index in [4.69, 9.17) is 21.9 Å². The van der Waals surface area contributed by atoms with Crippen molar-refractivity contribution in [3.05, 3.63) is 44.7 Å². The lowest BCUT2D eigenvalue weighted by atomic mass is 10.1. The van der Waals surface area contributed by atoms with Crippen LogP contribution in [0.25, 0.3) is 11.7 Å². The number of ether oxygens (including phenoxy) is 1. The number of esters is 1. The van der Waals surface area contributed by atoms with E-state index >= 15 is 0 Å². The van der Waals surface area contributed by atoms with Crippen molar-refractivity contribution >= 4 is 63.6 Å². The van der Waals surface area contributed by atoms with Gasteiger partial charge < -0.3 is 15.0 Å². The smallest absolute Gasteiger partial charge is 0.308 e. The Morgan fingerprint density at radius 1 is 1.34 bits per heavy atom. The highest BCUT2D eigenvalue weighted by molar-refractivity contribution is 8.26. The van der Waals surface area contributed by atoms with Crippen molar-refractivity contribution in [1.82, 2.24) is 19.6 Å². The minimum atomic E-state index is -0.923. The van der Waals surface area contributed by atoms with Crippen molar-refractivity contribution in [3.8, 4) is 0 Å². The van der Waals surface area contributed by atoms with Gasteiger partial charge in [-0.15, -0.1) is 0 Å². The Bertz CT molecular complexity index is 1340. The molecule has 1 atom stereocenters. The number of carbonyl (C=O) groups excluding carboxylic acids is 3. The van der Waals surface area contributed by atoms with Gasteiger partial charge in [0.15, 0.2) is 0 Å². The molecule has 0 saturated carbocycles. The predicted molar refractivity (Wildman–Crippen MR) is 137 cm³/mol. The Morgan fingerprint density at radius 3 is 2.74 bits per heavy atom. The number of rotatable bonds is 5. The maximum absolute atomic E-state index is 13.7. The molecule has 12 heteroatoms. The summed E-state index contributed by atoms with van der Waals surface area (Å²) in [6.45, 7) is 6.20. The van der Waals surface area contributed by atoms with Gasteiger partial charge in [0, 0.05) is 25.3 Å². The largest absolute Gasteiger partial charge is 0.469 e. The number of hydrogen-bond donors (Lipinski definition) is 1. The number of nitrogens with one attached hydrogen (secondary N) is 1. The minimum Gasteiger partial charge on any atom is -0.469 e. The van der Waals surface area contributed by atoms with Crippen LogP contribution in [0.15, 0.2) is 28.0 Å². The zero-order valence-electron chi connectivity index (χ0n) is 19.7. The first-order valence-corrected chi connectivity index (χ1v) is 12.3. The van der Waals surface area contributed by atoms with Crippen molar-refractivity contribution in [2.45, 2.75) is 39.3 Å². The van der Waals surface area contributed by atoms with E-state index in [1.807, 2.05) is 26.8 Å². The number of hydrogen-bond acceptors (Lipinski definition) is 9. The van der Waals surface area contributed by atoms with Gasteiger partial charge >= 0.3 is 5.97 Å². The molecular weight excluding hydrogens is 490 g/mol. The molecule has 2 aliphatic heterocycles. The van der Waals surface area contributed by atoms with E-state index in [2.05, 4.69) is 5.32 Å². The lowest BCUT2D eigenvalue weighted by molar-refractivity contribution is -0.143. The van der Waals surface area contributed by atoms with Gasteiger partial charge in [0.1, 0.15) is 21.8 Å². The number of aryl methyl sites for hydroxylation is 1. The standard InChI is InChI=1S/C23H25N5O5S2/c1-12(2)28-22(32)16(35-23(28)34)9-14-19(25-17-6-5-13(3)11-27(17)21(14)31)26-8-7-24-20(30)15(26)10-18(29)33-4/h5-6,9,11-12,15H,7-8,10H2,1-4H3,(H,24,30)/b16-9-/t15-/m1/s1. The molecule has 184 valence electrons. The molecule has 10 nitrogen and oxygen atoms in total. The van der Waals surface area contributed by atoms with E-state index < -0.39 is 17.6 Å². The van der Waals surface area contributed by atoms with Crippen LogP contribution in [-0.4, -0.2) is 68.7 Å². The number of pyridine rings is 1. The molecule has 0 spiro atoms. The molecule has 2 aliphatic rings. The average Bonchev–Trinajstić information content (AvgIpc) is 3.10. The highest BCUT2D eigenvalue weighted by atomic mass is 32.2. The van der Waals surface area contributed by atoms with E-state index in [0.717, 1.165) is 17.3 Å². The summed E-state index contributed by atoms with van der Waals surface area (Å²) in [6, 6.07) is 2.48. The van der Waals surface area contributed by atoms with Crippen LogP contribution in [0.2, 0.25) is 0 Å². The van der Waals surface area contributed by atoms with E-state index in [9.17, 15) is 19.2 Å². The summed E-state index contributed by atoms with van der Waals surface area (Å²) in [7, 11) is 1.25. The number of piperazine rings is 1. The fourth-order valence-corrected chi connectivity index (χ4v) is 5.57. The molecule has 0 radical (unpaired) electrons. The number of thioether (sulfide) groups is 1. The molecule has 2 saturated heterocycles. The maximum Gasteiger partial charge on any atom is 0.308 e. The van der Waals surface area contributed by atoms with Gasteiger partial charge in [-0.05, 0) is 38.5 Å². The van der Waals surface area contributed by atoms with Crippen molar-refractivity contribution in [1.29, 1.82) is 0 Å². The zero-order valence-corrected chi connectivity index (χ0v) is 21.4. The molecule has 35 heavy (non-hydrogen) atoms. The molecule has 2 fully saturated rings. The summed E-state index contributed by atoms with van der Waals surface area (Å²) in [5.74, 6) is -1.01. The number of thiocarbonyl (C=S) groups is 1. The first-order valence-electron chi connectivity index (χ1n) is 11.0. The van der Waals surface area contributed by atoms with Gasteiger partial charge in [-0.25, -0.2) is 4.98 Å². The zero-order chi connectivity index (χ0) is 25.4. The fourth-order valence-electron chi connectivity index (χ4n) is 4.06. The number of anilines is 1. The topological polar surface area (TPSA) is 113 Å². The number of amides is 2. The first-order chi connectivity index (χ1) is 16.6. The molecular formula is C23H25N5O5S2. The molecule has 0 unspecified atom stereocenters. The Kier molecular flexibility index (Phi) is 6.95. The van der Waals surface area contributed by atoms with Crippen LogP contribution >= 0.6 is 24.0 Å². The molecule has 0 bridgehead atoms. The fraction of sp³-hybridized carbons (Fsp3) is 0.391. The van der Waals surface area contributed by atoms with Crippen molar-refractivity contribution in [3.63, 3.8) is 0 Å². The molecule has 0 aromatic carbocycles. The van der Waals surface area contributed by atoms with Crippen LogP contribution in [0.1, 0.15) is 31.4 Å². The van der Waals surface area contributed by atoms with Crippen molar-refractivity contribution in [2.75, 3.05) is 25.1 Å². The van der Waals surface area contributed by atoms with Gasteiger partial charge in [-0.3, -0.25) is 28.5 Å². The third-order valence-corrected chi connectivity index (χ3v) is 7.12. The second-order valence-corrected chi connectivity index (χ2v) is 10.2. The SMILES string of the molecule is COC(=O)C[C@@H]1C(=O)NCCN1c1nc2ccc(C)cn2c(=O)c1/C=C1\SC(=S)N(C(C)C)C1=O. The number of carbonyl (C=O) groups is 3. The normalized spacial score (nSPS) is 19.7. The second kappa shape index (κ2) is 9.78. The second-order valence-electron chi connectivity index (χ2n) is 8.51. The molecule has 4 heterocycles. The van der Waals surface area contributed by atoms with Crippen LogP contribution < -0.4 is 15.8 Å². The van der Waals surface area contributed by atoms with Crippen molar-refractivity contribution < 1.29 is 19.1 Å². The first kappa shape index (κ1) is 24.9. The van der Waals surface area contributed by atoms with Crippen LogP contribution in [0.4, 0.5) is 5.82 Å². The molecule has 1 N–H and O–H groups in total. The van der Waals surface area contributed by atoms with E-state index in [1.165, 1.54) is 22.5 Å². The van der Waals surface area contributed by atoms with Crippen LogP contribution in [0.3, 0.4) is 0 Å². The summed E-state index contributed by atoms with van der Waals surface area (Å²) in [6.07, 6.45) is 2.94. The molecule has 2 aromatic heterocycles. The number of aromatic nitrogens is 2. The molecule has 0 aliphatic carbocycles. The van der Waals surface area contributed by atoms with Crippen LogP contribution in [0.5, 0.6) is 0 Å². The molecule has 4 rings (SSSR count). The van der Waals surface area contributed by atoms with E-state index in [-0.39, 0.29) is 35.7 Å². The van der Waals surface area contributed by atoms with Gasteiger partial charge in [0.25, 0.3) is 11.5 Å². The summed E-state index contributed by atoms with van der Waals surface area (Å²) in [5, 5.41) is 2.75. The van der Waals surface area contributed by atoms with Gasteiger partial charge in [0.2, 0.25) is 5.91 Å². The van der Waals surface area contributed by atoms with Crippen LogP contribution in [-0.2, 0) is 19.1 Å². The highest BCUT2D eigenvalue weighted by Gasteiger charge is 2.37. The van der Waals surface area contributed by atoms with Gasteiger partial charge in [-0.1, -0.05) is 30.0 Å². The van der Waals surface area contributed by atoms with E-state index in [0.29, 0.717) is 28.0 Å². The van der Waals surface area contributed by atoms with Crippen molar-refractivity contribution in [2.24, 2.45) is 0 Å². The van der Waals surface area contributed by atoms with Gasteiger partial charge in [-0.2, -0.15) is 0 Å². The predicted octanol–water partition coefficient (Wildman–Crippen LogP) is 1.48. The Balaban J connectivity index is 1.92. The third-order valence-electron chi connectivity index (χ3n) is 5.79. The minimum absolute atomic E-state index is 0.137. The third kappa shape index (κ3) is 4.67. The Hall–Kier alpha value is -3.25. The summed E-state index contributed by atoms with van der Waals surface area (Å²) in [5.41, 5.74) is 0.977. The summed E-state index contributed by atoms with van der Waals surface area (Å²) >= 11 is 6.49. The van der Waals surface area contributed by atoms with E-state index in [1.54, 1.807) is 17.2 Å². The average molecular weight is 516 g/mol. The lowest BCUT2D eigenvalue weighted by Gasteiger charge is -2.36. The highest BCUT2D eigenvalue weighted by Crippen LogP contribution is 2.35.